The fourth-order valence-electron chi connectivity index (χ4n) is 2.78. The highest BCUT2D eigenvalue weighted by atomic mass is 79.9. The molecule has 4 heteroatoms. The molecule has 0 radical (unpaired) electrons. The zero-order chi connectivity index (χ0) is 14.8. The molecule has 0 bridgehead atoms. The van der Waals surface area contributed by atoms with Crippen molar-refractivity contribution in [3.8, 4) is 0 Å². The minimum absolute atomic E-state index is 0.200. The summed E-state index contributed by atoms with van der Waals surface area (Å²) in [6.07, 6.45) is 1.98. The molecular weight excluding hydrogens is 349 g/mol. The van der Waals surface area contributed by atoms with Crippen molar-refractivity contribution in [1.82, 2.24) is 5.32 Å². The second kappa shape index (κ2) is 6.51. The fraction of sp³-hybridized carbons (Fsp3) is 0.294. The Labute approximate surface area is 137 Å². The first-order chi connectivity index (χ1) is 10.2. The molecule has 0 aromatic heterocycles. The smallest absolute Gasteiger partial charge is 0.124 e. The zero-order valence-corrected chi connectivity index (χ0v) is 14.2. The summed E-state index contributed by atoms with van der Waals surface area (Å²) in [4.78, 5) is 1.39. The maximum atomic E-state index is 13.2. The molecule has 110 valence electrons. The molecule has 0 spiro atoms. The van der Waals surface area contributed by atoms with E-state index in [2.05, 4.69) is 45.5 Å². The molecule has 21 heavy (non-hydrogen) atoms. The molecule has 2 unspecified atom stereocenters. The quantitative estimate of drug-likeness (QED) is 0.859. The molecule has 2 atom stereocenters. The Morgan fingerprint density at radius 3 is 2.86 bits per heavy atom. The van der Waals surface area contributed by atoms with Crippen molar-refractivity contribution >= 4 is 27.7 Å². The molecule has 1 heterocycles. The summed E-state index contributed by atoms with van der Waals surface area (Å²) >= 11 is 5.41. The number of benzene rings is 2. The summed E-state index contributed by atoms with van der Waals surface area (Å²) in [5, 5.41) is 3.95. The Kier molecular flexibility index (Phi) is 4.67. The largest absolute Gasteiger partial charge is 0.316 e. The Bertz CT molecular complexity index is 621. The summed E-state index contributed by atoms with van der Waals surface area (Å²) < 4.78 is 14.0. The molecule has 0 saturated heterocycles. The van der Waals surface area contributed by atoms with Gasteiger partial charge in [-0.15, -0.1) is 11.8 Å². The van der Waals surface area contributed by atoms with Gasteiger partial charge in [0, 0.05) is 20.7 Å². The molecule has 3 rings (SSSR count). The number of rotatable bonds is 4. The van der Waals surface area contributed by atoms with Crippen molar-refractivity contribution in [3.05, 3.63) is 63.9 Å². The van der Waals surface area contributed by atoms with Crippen LogP contribution < -0.4 is 5.32 Å². The average Bonchev–Trinajstić information content (AvgIpc) is 2.90. The lowest BCUT2D eigenvalue weighted by Crippen LogP contribution is -2.37. The number of likely N-dealkylation sites (N-methyl/N-ethyl adjacent to an activating group) is 1. The Balaban J connectivity index is 1.75. The highest BCUT2D eigenvalue weighted by molar-refractivity contribution is 9.10. The summed E-state index contributed by atoms with van der Waals surface area (Å²) in [5.41, 5.74) is 2.58. The van der Waals surface area contributed by atoms with Gasteiger partial charge >= 0.3 is 0 Å². The first kappa shape index (κ1) is 15.1. The molecule has 0 aliphatic carbocycles. The highest BCUT2D eigenvalue weighted by Crippen LogP contribution is 2.39. The van der Waals surface area contributed by atoms with Crippen LogP contribution in [0.25, 0.3) is 0 Å². The van der Waals surface area contributed by atoms with E-state index in [1.54, 1.807) is 6.07 Å². The Morgan fingerprint density at radius 1 is 1.33 bits per heavy atom. The van der Waals surface area contributed by atoms with Gasteiger partial charge in [-0.05, 0) is 49.2 Å². The number of hydrogen-bond acceptors (Lipinski definition) is 2. The van der Waals surface area contributed by atoms with Crippen molar-refractivity contribution in [3.63, 3.8) is 0 Å². The van der Waals surface area contributed by atoms with Crippen LogP contribution in [0.5, 0.6) is 0 Å². The minimum atomic E-state index is -0.200. The van der Waals surface area contributed by atoms with Crippen LogP contribution in [-0.2, 0) is 12.8 Å². The van der Waals surface area contributed by atoms with Crippen LogP contribution in [0, 0.1) is 5.82 Å². The first-order valence-corrected chi connectivity index (χ1v) is 8.70. The first-order valence-electron chi connectivity index (χ1n) is 7.03. The van der Waals surface area contributed by atoms with E-state index in [0.717, 1.165) is 22.9 Å². The maximum Gasteiger partial charge on any atom is 0.124 e. The molecular formula is C17H17BrFNS. The van der Waals surface area contributed by atoms with Gasteiger partial charge in [0.25, 0.3) is 0 Å². The van der Waals surface area contributed by atoms with E-state index < -0.39 is 0 Å². The lowest BCUT2D eigenvalue weighted by Gasteiger charge is -2.23. The molecule has 1 nitrogen and oxygen atoms in total. The molecule has 0 fully saturated rings. The summed E-state index contributed by atoms with van der Waals surface area (Å²) in [6.45, 7) is 0. The third-order valence-electron chi connectivity index (χ3n) is 3.95. The normalized spacial score (nSPS) is 18.5. The van der Waals surface area contributed by atoms with Gasteiger partial charge in [0.1, 0.15) is 5.82 Å². The van der Waals surface area contributed by atoms with Crippen LogP contribution in [0.15, 0.2) is 51.8 Å². The van der Waals surface area contributed by atoms with E-state index in [1.807, 2.05) is 24.9 Å². The zero-order valence-electron chi connectivity index (χ0n) is 11.8. The molecule has 0 saturated carbocycles. The van der Waals surface area contributed by atoms with Crippen molar-refractivity contribution in [2.75, 3.05) is 7.05 Å². The van der Waals surface area contributed by atoms with Gasteiger partial charge in [-0.3, -0.25) is 0 Å². The number of halogens is 2. The van der Waals surface area contributed by atoms with E-state index in [4.69, 9.17) is 0 Å². The topological polar surface area (TPSA) is 12.0 Å². The second-order valence-corrected chi connectivity index (χ2v) is 7.44. The maximum absolute atomic E-state index is 13.2. The number of fused-ring (bicyclic) bond motifs is 1. The van der Waals surface area contributed by atoms with Crippen LogP contribution in [0.1, 0.15) is 11.1 Å². The SMILES string of the molecule is CNC(Cc1ccc(F)cc1Br)C1Cc2ccccc2S1. The van der Waals surface area contributed by atoms with Crippen LogP contribution in [-0.4, -0.2) is 18.3 Å². The second-order valence-electron chi connectivity index (χ2n) is 5.30. The van der Waals surface area contributed by atoms with Crippen LogP contribution in [0.2, 0.25) is 0 Å². The molecule has 1 aliphatic rings. The third kappa shape index (κ3) is 3.33. The van der Waals surface area contributed by atoms with E-state index in [9.17, 15) is 4.39 Å². The average molecular weight is 366 g/mol. The van der Waals surface area contributed by atoms with E-state index in [0.29, 0.717) is 11.3 Å². The highest BCUT2D eigenvalue weighted by Gasteiger charge is 2.28. The van der Waals surface area contributed by atoms with Crippen LogP contribution >= 0.6 is 27.7 Å². The van der Waals surface area contributed by atoms with Gasteiger partial charge in [-0.1, -0.05) is 40.2 Å². The molecule has 2 aromatic carbocycles. The molecule has 2 aromatic rings. The number of nitrogens with one attached hydrogen (secondary N) is 1. The third-order valence-corrected chi connectivity index (χ3v) is 6.13. The van der Waals surface area contributed by atoms with Gasteiger partial charge in [0.05, 0.1) is 0 Å². The molecule has 1 N–H and O–H groups in total. The van der Waals surface area contributed by atoms with E-state index in [-0.39, 0.29) is 5.82 Å². The van der Waals surface area contributed by atoms with Crippen molar-refractivity contribution in [2.45, 2.75) is 29.0 Å². The van der Waals surface area contributed by atoms with Crippen molar-refractivity contribution in [2.24, 2.45) is 0 Å². The minimum Gasteiger partial charge on any atom is -0.316 e. The van der Waals surface area contributed by atoms with E-state index >= 15 is 0 Å². The van der Waals surface area contributed by atoms with Crippen molar-refractivity contribution in [1.29, 1.82) is 0 Å². The lowest BCUT2D eigenvalue weighted by atomic mass is 9.99. The fourth-order valence-corrected chi connectivity index (χ4v) is 4.74. The molecule has 0 amide bonds. The molecule has 1 aliphatic heterocycles. The summed E-state index contributed by atoms with van der Waals surface area (Å²) in [6, 6.07) is 13.9. The Morgan fingerprint density at radius 2 is 2.14 bits per heavy atom. The van der Waals surface area contributed by atoms with Gasteiger partial charge in [-0.2, -0.15) is 0 Å². The van der Waals surface area contributed by atoms with Gasteiger partial charge in [0.2, 0.25) is 0 Å². The van der Waals surface area contributed by atoms with Crippen LogP contribution in [0.4, 0.5) is 4.39 Å². The Hall–Kier alpha value is -0.840. The number of hydrogen-bond donors (Lipinski definition) is 1. The summed E-state index contributed by atoms with van der Waals surface area (Å²) in [7, 11) is 2.01. The van der Waals surface area contributed by atoms with Gasteiger partial charge < -0.3 is 5.32 Å². The lowest BCUT2D eigenvalue weighted by molar-refractivity contribution is 0.535. The van der Waals surface area contributed by atoms with Gasteiger partial charge in [-0.25, -0.2) is 4.39 Å². The van der Waals surface area contributed by atoms with Crippen LogP contribution in [0.3, 0.4) is 0 Å². The monoisotopic (exact) mass is 365 g/mol. The summed E-state index contributed by atoms with van der Waals surface area (Å²) in [5.74, 6) is -0.200. The van der Waals surface area contributed by atoms with E-state index in [1.165, 1.54) is 16.5 Å². The van der Waals surface area contributed by atoms with Crippen molar-refractivity contribution < 1.29 is 4.39 Å². The van der Waals surface area contributed by atoms with Gasteiger partial charge in [0.15, 0.2) is 0 Å². The standard InChI is InChI=1S/C17H17BrFNS/c1-20-15(8-11-6-7-13(19)10-14(11)18)17-9-12-4-2-3-5-16(12)21-17/h2-7,10,15,17,20H,8-9H2,1H3. The predicted octanol–water partition coefficient (Wildman–Crippen LogP) is 4.44. The number of thioether (sulfide) groups is 1. The predicted molar refractivity (Wildman–Crippen MR) is 90.4 cm³/mol.